The van der Waals surface area contributed by atoms with E-state index in [9.17, 15) is 4.79 Å². The van der Waals surface area contributed by atoms with Gasteiger partial charge in [-0.05, 0) is 12.8 Å². The molecular weight excluding hydrogens is 295 g/mol. The standard InChI is InChI=1S/C16H30Cl2O2/c17-15(18)13-11-9-7-5-3-1-2-4-6-8-10-12-14-16(19)20/h15H,1-14H2,(H,19,20). The summed E-state index contributed by atoms with van der Waals surface area (Å²) in [7, 11) is 0. The van der Waals surface area contributed by atoms with E-state index in [0.717, 1.165) is 25.7 Å². The highest BCUT2D eigenvalue weighted by Gasteiger charge is 1.98. The lowest BCUT2D eigenvalue weighted by Gasteiger charge is -2.03. The van der Waals surface area contributed by atoms with Crippen LogP contribution in [0.2, 0.25) is 0 Å². The molecule has 0 aromatic rings. The topological polar surface area (TPSA) is 37.3 Å². The fraction of sp³-hybridized carbons (Fsp3) is 0.938. The van der Waals surface area contributed by atoms with Crippen molar-refractivity contribution < 1.29 is 9.90 Å². The molecule has 0 amide bonds. The Bertz CT molecular complexity index is 221. The van der Waals surface area contributed by atoms with Crippen molar-refractivity contribution in [3.63, 3.8) is 0 Å². The Morgan fingerprint density at radius 2 is 1.05 bits per heavy atom. The Morgan fingerprint density at radius 3 is 1.40 bits per heavy atom. The van der Waals surface area contributed by atoms with Gasteiger partial charge in [0, 0.05) is 6.42 Å². The zero-order chi connectivity index (χ0) is 15.1. The molecule has 20 heavy (non-hydrogen) atoms. The fourth-order valence-corrected chi connectivity index (χ4v) is 2.65. The Labute approximate surface area is 134 Å². The molecule has 0 aliphatic heterocycles. The van der Waals surface area contributed by atoms with Gasteiger partial charge >= 0.3 is 5.97 Å². The van der Waals surface area contributed by atoms with Gasteiger partial charge in [0.05, 0.1) is 0 Å². The van der Waals surface area contributed by atoms with Crippen molar-refractivity contribution in [3.05, 3.63) is 0 Å². The normalized spacial score (nSPS) is 11.2. The van der Waals surface area contributed by atoms with Gasteiger partial charge in [-0.1, -0.05) is 70.6 Å². The smallest absolute Gasteiger partial charge is 0.303 e. The van der Waals surface area contributed by atoms with Crippen LogP contribution in [-0.4, -0.2) is 15.9 Å². The van der Waals surface area contributed by atoms with Gasteiger partial charge in [0.25, 0.3) is 0 Å². The minimum atomic E-state index is -0.669. The molecule has 0 fully saturated rings. The number of hydrogen-bond acceptors (Lipinski definition) is 1. The SMILES string of the molecule is O=C(O)CCCCCCCCCCCCCCC(Cl)Cl. The number of hydrogen-bond donors (Lipinski definition) is 1. The minimum Gasteiger partial charge on any atom is -0.481 e. The molecule has 0 unspecified atom stereocenters. The summed E-state index contributed by atoms with van der Waals surface area (Å²) in [5.74, 6) is -0.669. The number of halogens is 2. The van der Waals surface area contributed by atoms with Crippen LogP contribution in [0.15, 0.2) is 0 Å². The van der Waals surface area contributed by atoms with E-state index in [0.29, 0.717) is 6.42 Å². The van der Waals surface area contributed by atoms with Crippen molar-refractivity contribution >= 4 is 29.2 Å². The quantitative estimate of drug-likeness (QED) is 0.282. The van der Waals surface area contributed by atoms with Gasteiger partial charge in [0.2, 0.25) is 0 Å². The predicted molar refractivity (Wildman–Crippen MR) is 87.8 cm³/mol. The molecule has 4 heteroatoms. The number of alkyl halides is 2. The third-order valence-electron chi connectivity index (χ3n) is 3.56. The number of unbranched alkanes of at least 4 members (excludes halogenated alkanes) is 11. The van der Waals surface area contributed by atoms with Crippen LogP contribution in [0.3, 0.4) is 0 Å². The minimum absolute atomic E-state index is 0.189. The predicted octanol–water partition coefficient (Wildman–Crippen LogP) is 6.34. The molecule has 1 N–H and O–H groups in total. The molecule has 0 saturated carbocycles. The molecule has 0 bridgehead atoms. The Balaban J connectivity index is 2.97. The van der Waals surface area contributed by atoms with Crippen LogP contribution in [-0.2, 0) is 4.79 Å². The Morgan fingerprint density at radius 1 is 0.700 bits per heavy atom. The molecule has 0 aliphatic rings. The van der Waals surface area contributed by atoms with E-state index >= 15 is 0 Å². The van der Waals surface area contributed by atoms with Crippen molar-refractivity contribution in [3.8, 4) is 0 Å². The van der Waals surface area contributed by atoms with Crippen molar-refractivity contribution in [1.82, 2.24) is 0 Å². The Kier molecular flexibility index (Phi) is 15.5. The van der Waals surface area contributed by atoms with E-state index in [4.69, 9.17) is 28.3 Å². The van der Waals surface area contributed by atoms with Gasteiger partial charge in [0.1, 0.15) is 4.84 Å². The molecule has 120 valence electrons. The molecule has 0 radical (unpaired) electrons. The summed E-state index contributed by atoms with van der Waals surface area (Å²) in [5.41, 5.74) is 0. The monoisotopic (exact) mass is 324 g/mol. The van der Waals surface area contributed by atoms with Crippen LogP contribution in [0.5, 0.6) is 0 Å². The average molecular weight is 325 g/mol. The summed E-state index contributed by atoms with van der Waals surface area (Å²) in [6.45, 7) is 0. The molecular formula is C16H30Cl2O2. The lowest BCUT2D eigenvalue weighted by molar-refractivity contribution is -0.137. The lowest BCUT2D eigenvalue weighted by atomic mass is 10.0. The zero-order valence-electron chi connectivity index (χ0n) is 12.6. The molecule has 0 aromatic carbocycles. The van der Waals surface area contributed by atoms with Gasteiger partial charge < -0.3 is 5.11 Å². The summed E-state index contributed by atoms with van der Waals surface area (Å²) in [5, 5.41) is 8.50. The van der Waals surface area contributed by atoms with Gasteiger partial charge in [-0.3, -0.25) is 4.79 Å². The highest BCUT2D eigenvalue weighted by Crippen LogP contribution is 2.15. The van der Waals surface area contributed by atoms with Crippen LogP contribution < -0.4 is 0 Å². The summed E-state index contributed by atoms with van der Waals surface area (Å²) in [4.78, 5) is 10.1. The van der Waals surface area contributed by atoms with Crippen LogP contribution in [0, 0.1) is 0 Å². The molecule has 0 heterocycles. The van der Waals surface area contributed by atoms with E-state index in [-0.39, 0.29) is 4.84 Å². The van der Waals surface area contributed by atoms with Gasteiger partial charge in [-0.15, -0.1) is 23.2 Å². The number of aliphatic carboxylic acids is 1. The molecule has 0 saturated heterocycles. The molecule has 0 spiro atoms. The maximum atomic E-state index is 10.3. The number of rotatable bonds is 15. The van der Waals surface area contributed by atoms with Crippen LogP contribution in [0.1, 0.15) is 89.9 Å². The molecule has 0 rings (SSSR count). The zero-order valence-corrected chi connectivity index (χ0v) is 14.1. The van der Waals surface area contributed by atoms with Crippen molar-refractivity contribution in [2.45, 2.75) is 94.7 Å². The van der Waals surface area contributed by atoms with Gasteiger partial charge in [-0.2, -0.15) is 0 Å². The fourth-order valence-electron chi connectivity index (χ4n) is 2.34. The number of carboxylic acids is 1. The first kappa shape index (κ1) is 20.1. The highest BCUT2D eigenvalue weighted by atomic mass is 35.5. The van der Waals surface area contributed by atoms with Gasteiger partial charge in [-0.25, -0.2) is 0 Å². The lowest BCUT2D eigenvalue weighted by Crippen LogP contribution is -1.93. The van der Waals surface area contributed by atoms with E-state index < -0.39 is 5.97 Å². The number of carbonyl (C=O) groups is 1. The molecule has 2 nitrogen and oxygen atoms in total. The second-order valence-electron chi connectivity index (χ2n) is 5.57. The second kappa shape index (κ2) is 15.4. The van der Waals surface area contributed by atoms with E-state index in [1.165, 1.54) is 57.8 Å². The third-order valence-corrected chi connectivity index (χ3v) is 4.00. The van der Waals surface area contributed by atoms with Crippen LogP contribution in [0.25, 0.3) is 0 Å². The maximum absolute atomic E-state index is 10.3. The maximum Gasteiger partial charge on any atom is 0.303 e. The average Bonchev–Trinajstić information content (AvgIpc) is 2.38. The van der Waals surface area contributed by atoms with Crippen LogP contribution in [0.4, 0.5) is 0 Å². The summed E-state index contributed by atoms with van der Waals surface area (Å²) in [6.07, 6.45) is 15.9. The Hall–Kier alpha value is 0.0500. The summed E-state index contributed by atoms with van der Waals surface area (Å²) < 4.78 is 0. The van der Waals surface area contributed by atoms with E-state index in [1.807, 2.05) is 0 Å². The summed E-state index contributed by atoms with van der Waals surface area (Å²) >= 11 is 11.3. The largest absolute Gasteiger partial charge is 0.481 e. The third kappa shape index (κ3) is 18.0. The van der Waals surface area contributed by atoms with Gasteiger partial charge in [0.15, 0.2) is 0 Å². The molecule has 0 aliphatic carbocycles. The number of carboxylic acid groups (broad SMARTS) is 1. The first-order chi connectivity index (χ1) is 9.63. The highest BCUT2D eigenvalue weighted by molar-refractivity contribution is 6.44. The molecule has 0 atom stereocenters. The second-order valence-corrected chi connectivity index (χ2v) is 6.84. The first-order valence-corrected chi connectivity index (χ1v) is 9.00. The van der Waals surface area contributed by atoms with Crippen molar-refractivity contribution in [1.29, 1.82) is 0 Å². The summed E-state index contributed by atoms with van der Waals surface area (Å²) in [6, 6.07) is 0. The van der Waals surface area contributed by atoms with Crippen molar-refractivity contribution in [2.75, 3.05) is 0 Å². The van der Waals surface area contributed by atoms with E-state index in [1.54, 1.807) is 0 Å². The first-order valence-electron chi connectivity index (χ1n) is 8.13. The molecule has 0 aromatic heterocycles. The van der Waals surface area contributed by atoms with E-state index in [2.05, 4.69) is 0 Å². The van der Waals surface area contributed by atoms with Crippen molar-refractivity contribution in [2.24, 2.45) is 0 Å². The van der Waals surface area contributed by atoms with Crippen LogP contribution >= 0.6 is 23.2 Å².